The molecule has 0 spiro atoms. The molecule has 0 bridgehead atoms. The van der Waals surface area contributed by atoms with Crippen LogP contribution in [0.2, 0.25) is 0 Å². The Labute approximate surface area is 271 Å². The lowest BCUT2D eigenvalue weighted by Gasteiger charge is -2.39. The van der Waals surface area contributed by atoms with Crippen molar-refractivity contribution in [3.8, 4) is 0 Å². The van der Waals surface area contributed by atoms with Gasteiger partial charge in [-0.2, -0.15) is 0 Å². The van der Waals surface area contributed by atoms with Crippen molar-refractivity contribution in [1.29, 1.82) is 0 Å². The van der Waals surface area contributed by atoms with Crippen LogP contribution in [0.1, 0.15) is 93.9 Å². The monoisotopic (exact) mass is 648 g/mol. The molecule has 0 aromatic heterocycles. The van der Waals surface area contributed by atoms with Crippen molar-refractivity contribution in [2.45, 2.75) is 136 Å². The van der Waals surface area contributed by atoms with Gasteiger partial charge in [-0.1, -0.05) is 27.7 Å². The minimum Gasteiger partial charge on any atom is -0.458 e. The standard InChI is InChI=1S/C25H47NO8.C8H17NO2/c1-9-21-25(7,34-24(29)30)12-17(3)13-26(14-27)19(5)11-16(2)10-18(4)22(32-15-31-8)20(6)23(28)33-21;1-6-4-7(9(2)3)5-8(10)11-6/h16-22,27H,9-15H2,1-8H3,(H,29,30);6-8,10H,4-5H2,1-3H3/t16?,17-,18?,19-,20?,21?,22?,25+;/m1./s1. The predicted molar refractivity (Wildman–Crippen MR) is 171 cm³/mol. The molecule has 12 nitrogen and oxygen atoms in total. The highest BCUT2D eigenvalue weighted by Crippen LogP contribution is 2.33. The van der Waals surface area contributed by atoms with Gasteiger partial charge >= 0.3 is 12.1 Å². The number of hydrogen-bond donors (Lipinski definition) is 3. The van der Waals surface area contributed by atoms with E-state index in [1.165, 1.54) is 7.11 Å². The summed E-state index contributed by atoms with van der Waals surface area (Å²) in [5.74, 6) is -0.648. The molecule has 0 amide bonds. The molecule has 0 aliphatic carbocycles. The molecule has 2 fully saturated rings. The van der Waals surface area contributed by atoms with Crippen LogP contribution in [0.15, 0.2) is 0 Å². The number of nitrogens with zero attached hydrogens (tertiary/aromatic N) is 2. The molecule has 2 heterocycles. The van der Waals surface area contributed by atoms with E-state index in [0.717, 1.165) is 25.7 Å². The number of aliphatic hydroxyl groups excluding tert-OH is 2. The Kier molecular flexibility index (Phi) is 18.4. The molecule has 0 radical (unpaired) electrons. The normalized spacial score (nSPS) is 37.9. The number of methoxy groups -OCH3 is 1. The average Bonchev–Trinajstić information content (AvgIpc) is 2.93. The largest absolute Gasteiger partial charge is 0.506 e. The molecule has 2 aliphatic heterocycles. The van der Waals surface area contributed by atoms with Crippen LogP contribution in [0.25, 0.3) is 0 Å². The van der Waals surface area contributed by atoms with Crippen LogP contribution in [0.3, 0.4) is 0 Å². The molecule has 45 heavy (non-hydrogen) atoms. The van der Waals surface area contributed by atoms with Gasteiger partial charge in [-0.15, -0.1) is 0 Å². The second-order valence-corrected chi connectivity index (χ2v) is 14.0. The quantitative estimate of drug-likeness (QED) is 0.263. The Balaban J connectivity index is 0.000000768. The Morgan fingerprint density at radius 1 is 1.07 bits per heavy atom. The second-order valence-electron chi connectivity index (χ2n) is 14.0. The van der Waals surface area contributed by atoms with Gasteiger partial charge in [-0.3, -0.25) is 9.69 Å². The predicted octanol–water partition coefficient (Wildman–Crippen LogP) is 4.55. The molecule has 0 aromatic rings. The van der Waals surface area contributed by atoms with Crippen molar-refractivity contribution in [2.24, 2.45) is 23.7 Å². The minimum absolute atomic E-state index is 0.0127. The molecule has 2 aliphatic rings. The van der Waals surface area contributed by atoms with Crippen molar-refractivity contribution >= 4 is 12.1 Å². The molecule has 11 atom stereocenters. The number of cyclic esters (lactones) is 1. The molecule has 12 heteroatoms. The summed E-state index contributed by atoms with van der Waals surface area (Å²) >= 11 is 0. The van der Waals surface area contributed by atoms with Gasteiger partial charge in [0.1, 0.15) is 18.5 Å². The Morgan fingerprint density at radius 2 is 1.71 bits per heavy atom. The summed E-state index contributed by atoms with van der Waals surface area (Å²) in [6.45, 7) is 16.2. The third-order valence-electron chi connectivity index (χ3n) is 9.25. The van der Waals surface area contributed by atoms with Crippen LogP contribution in [-0.4, -0.2) is 121 Å². The second kappa shape index (κ2) is 20.0. The van der Waals surface area contributed by atoms with Crippen LogP contribution < -0.4 is 0 Å². The van der Waals surface area contributed by atoms with Gasteiger partial charge in [0.25, 0.3) is 0 Å². The Bertz CT molecular complexity index is 853. The number of hydrogen-bond acceptors (Lipinski definition) is 11. The first-order valence-electron chi connectivity index (χ1n) is 16.5. The maximum Gasteiger partial charge on any atom is 0.506 e. The molecule has 0 aromatic carbocycles. The summed E-state index contributed by atoms with van der Waals surface area (Å²) in [6.07, 6.45) is 1.22. The summed E-state index contributed by atoms with van der Waals surface area (Å²) in [6, 6.07) is 0.593. The fourth-order valence-corrected chi connectivity index (χ4v) is 7.05. The van der Waals surface area contributed by atoms with Gasteiger partial charge in [0.2, 0.25) is 0 Å². The van der Waals surface area contributed by atoms with E-state index in [2.05, 4.69) is 25.7 Å². The molecular formula is C33H64N2O10. The smallest absolute Gasteiger partial charge is 0.458 e. The zero-order valence-corrected chi connectivity index (χ0v) is 29.7. The molecule has 3 N–H and O–H groups in total. The van der Waals surface area contributed by atoms with E-state index in [0.29, 0.717) is 31.3 Å². The molecular weight excluding hydrogens is 584 g/mol. The highest BCUT2D eigenvalue weighted by Gasteiger charge is 2.43. The topological polar surface area (TPSA) is 147 Å². The van der Waals surface area contributed by atoms with Crippen LogP contribution in [0.4, 0.5) is 4.79 Å². The highest BCUT2D eigenvalue weighted by atomic mass is 16.7. The fourth-order valence-electron chi connectivity index (χ4n) is 7.05. The Morgan fingerprint density at radius 3 is 2.22 bits per heavy atom. The van der Waals surface area contributed by atoms with E-state index in [4.69, 9.17) is 23.7 Å². The summed E-state index contributed by atoms with van der Waals surface area (Å²) < 4.78 is 27.5. The van der Waals surface area contributed by atoms with Gasteiger partial charge in [0, 0.05) is 32.2 Å². The van der Waals surface area contributed by atoms with Gasteiger partial charge < -0.3 is 43.9 Å². The SMILES string of the molecule is CC1CC(N(C)C)CC(O)O1.CCC1OC(=O)C(C)C(OCOC)C(C)CC(C)C[C@@H](C)N(CO)C[C@H](C)C[C@]1(C)OC(=O)O. The highest BCUT2D eigenvalue weighted by molar-refractivity contribution is 5.73. The van der Waals surface area contributed by atoms with E-state index in [1.54, 1.807) is 13.8 Å². The third-order valence-corrected chi connectivity index (χ3v) is 9.25. The van der Waals surface area contributed by atoms with Gasteiger partial charge in [0.05, 0.1) is 24.9 Å². The van der Waals surface area contributed by atoms with Crippen molar-refractivity contribution in [1.82, 2.24) is 9.80 Å². The molecule has 2 saturated heterocycles. The van der Waals surface area contributed by atoms with Crippen LogP contribution in [-0.2, 0) is 28.5 Å². The summed E-state index contributed by atoms with van der Waals surface area (Å²) in [5.41, 5.74) is -1.23. The van der Waals surface area contributed by atoms with E-state index in [9.17, 15) is 24.9 Å². The van der Waals surface area contributed by atoms with Gasteiger partial charge in [-0.25, -0.2) is 4.79 Å². The van der Waals surface area contributed by atoms with Crippen molar-refractivity contribution < 1.29 is 48.6 Å². The first kappa shape index (κ1) is 41.5. The van der Waals surface area contributed by atoms with Gasteiger partial charge in [0.15, 0.2) is 6.29 Å². The maximum atomic E-state index is 13.2. The van der Waals surface area contributed by atoms with Crippen molar-refractivity contribution in [3.63, 3.8) is 0 Å². The number of carboxylic acid groups (broad SMARTS) is 1. The summed E-state index contributed by atoms with van der Waals surface area (Å²) in [4.78, 5) is 29.0. The maximum absolute atomic E-state index is 13.2. The number of carbonyl (C=O) groups is 2. The lowest BCUT2D eigenvalue weighted by Crippen LogP contribution is -2.49. The van der Waals surface area contributed by atoms with Crippen LogP contribution in [0, 0.1) is 23.7 Å². The number of rotatable bonds is 7. The number of ether oxygens (including phenoxy) is 5. The van der Waals surface area contributed by atoms with E-state index < -0.39 is 42.1 Å². The first-order chi connectivity index (χ1) is 21.0. The lowest BCUT2D eigenvalue weighted by atomic mass is 9.84. The van der Waals surface area contributed by atoms with E-state index >= 15 is 0 Å². The molecule has 2 rings (SSSR count). The summed E-state index contributed by atoms with van der Waals surface area (Å²) in [5, 5.41) is 28.8. The third kappa shape index (κ3) is 14.0. The molecule has 266 valence electrons. The van der Waals surface area contributed by atoms with Crippen molar-refractivity contribution in [2.75, 3.05) is 41.3 Å². The number of esters is 1. The minimum atomic E-state index is -1.41. The zero-order chi connectivity index (χ0) is 34.5. The fraction of sp³-hybridized carbons (Fsp3) is 0.939. The van der Waals surface area contributed by atoms with E-state index in [1.807, 2.05) is 39.8 Å². The zero-order valence-electron chi connectivity index (χ0n) is 29.7. The van der Waals surface area contributed by atoms with Crippen LogP contribution in [0.5, 0.6) is 0 Å². The first-order valence-corrected chi connectivity index (χ1v) is 16.5. The van der Waals surface area contributed by atoms with Crippen LogP contribution >= 0.6 is 0 Å². The molecule has 0 saturated carbocycles. The number of aliphatic hydroxyl groups is 2. The lowest BCUT2D eigenvalue weighted by molar-refractivity contribution is -0.182. The van der Waals surface area contributed by atoms with Crippen molar-refractivity contribution in [3.05, 3.63) is 0 Å². The van der Waals surface area contributed by atoms with Gasteiger partial charge in [-0.05, 0) is 91.6 Å². The Hall–Kier alpha value is -1.54. The summed E-state index contributed by atoms with van der Waals surface area (Å²) in [7, 11) is 5.61. The average molecular weight is 649 g/mol. The number of carbonyl (C=O) groups excluding carboxylic acids is 1. The van der Waals surface area contributed by atoms with E-state index in [-0.39, 0.29) is 37.5 Å². The molecule has 8 unspecified atom stereocenters.